The Balaban J connectivity index is 2.27. The molecule has 4 heteroatoms. The Hall–Kier alpha value is -1.55. The van der Waals surface area contributed by atoms with E-state index in [4.69, 9.17) is 0 Å². The van der Waals surface area contributed by atoms with E-state index < -0.39 is 0 Å². The summed E-state index contributed by atoms with van der Waals surface area (Å²) in [6.45, 7) is 1.79. The van der Waals surface area contributed by atoms with Crippen molar-refractivity contribution in [2.45, 2.75) is 13.3 Å². The van der Waals surface area contributed by atoms with Crippen LogP contribution in [-0.2, 0) is 6.42 Å². The average Bonchev–Trinajstić information content (AvgIpc) is 2.35. The van der Waals surface area contributed by atoms with Gasteiger partial charge in [0, 0.05) is 23.9 Å². The summed E-state index contributed by atoms with van der Waals surface area (Å²) in [5.74, 6) is -0.421. The minimum absolute atomic E-state index is 0.0631. The zero-order valence-corrected chi connectivity index (χ0v) is 11.4. The Kier molecular flexibility index (Phi) is 3.87. The number of carbonyl (C=O) groups excluding carboxylic acids is 1. The largest absolute Gasteiger partial charge is 0.294 e. The molecule has 2 rings (SSSR count). The predicted molar refractivity (Wildman–Crippen MR) is 71.1 cm³/mol. The molecule has 0 spiro atoms. The standard InChI is InChI=1S/C14H11BrFNO/c1-9-11(5-3-7-17-9)13(18)8-10-4-2-6-12(16)14(10)15/h2-7H,8H2,1H3. The van der Waals surface area contributed by atoms with Crippen LogP contribution in [0.5, 0.6) is 0 Å². The molecule has 1 aromatic heterocycles. The number of halogens is 2. The molecule has 18 heavy (non-hydrogen) atoms. The number of pyridine rings is 1. The van der Waals surface area contributed by atoms with Gasteiger partial charge in [-0.15, -0.1) is 0 Å². The first kappa shape index (κ1) is 12.9. The van der Waals surface area contributed by atoms with E-state index in [2.05, 4.69) is 20.9 Å². The van der Waals surface area contributed by atoms with E-state index in [-0.39, 0.29) is 18.0 Å². The smallest absolute Gasteiger partial charge is 0.169 e. The zero-order valence-electron chi connectivity index (χ0n) is 9.78. The van der Waals surface area contributed by atoms with Gasteiger partial charge in [-0.2, -0.15) is 0 Å². The number of aryl methyl sites for hydroxylation is 1. The first-order valence-electron chi connectivity index (χ1n) is 5.47. The summed E-state index contributed by atoms with van der Waals surface area (Å²) in [6.07, 6.45) is 1.80. The van der Waals surface area contributed by atoms with E-state index >= 15 is 0 Å². The predicted octanol–water partition coefficient (Wildman–Crippen LogP) is 3.72. The third-order valence-corrected chi connectivity index (χ3v) is 3.58. The Morgan fingerprint density at radius 3 is 2.83 bits per heavy atom. The fraction of sp³-hybridized carbons (Fsp3) is 0.143. The van der Waals surface area contributed by atoms with Gasteiger partial charge >= 0.3 is 0 Å². The minimum atomic E-state index is -0.358. The summed E-state index contributed by atoms with van der Waals surface area (Å²) >= 11 is 3.16. The van der Waals surface area contributed by atoms with Crippen LogP contribution in [-0.4, -0.2) is 10.8 Å². The van der Waals surface area contributed by atoms with Crippen molar-refractivity contribution < 1.29 is 9.18 Å². The fourth-order valence-electron chi connectivity index (χ4n) is 1.73. The van der Waals surface area contributed by atoms with Gasteiger partial charge in [-0.25, -0.2) is 4.39 Å². The summed E-state index contributed by atoms with van der Waals surface area (Å²) in [5, 5.41) is 0. The summed E-state index contributed by atoms with van der Waals surface area (Å²) < 4.78 is 13.7. The van der Waals surface area contributed by atoms with Crippen molar-refractivity contribution in [1.29, 1.82) is 0 Å². The number of benzene rings is 1. The maximum Gasteiger partial charge on any atom is 0.169 e. The van der Waals surface area contributed by atoms with Gasteiger partial charge in [0.05, 0.1) is 4.47 Å². The quantitative estimate of drug-likeness (QED) is 0.809. The molecule has 0 amide bonds. The highest BCUT2D eigenvalue weighted by Gasteiger charge is 2.13. The number of carbonyl (C=O) groups is 1. The number of aromatic nitrogens is 1. The lowest BCUT2D eigenvalue weighted by molar-refractivity contribution is 0.0992. The zero-order chi connectivity index (χ0) is 13.1. The van der Waals surface area contributed by atoms with Crippen LogP contribution in [0.3, 0.4) is 0 Å². The molecule has 0 saturated heterocycles. The maximum atomic E-state index is 13.3. The summed E-state index contributed by atoms with van der Waals surface area (Å²) in [6, 6.07) is 8.14. The van der Waals surface area contributed by atoms with Crippen molar-refractivity contribution in [3.8, 4) is 0 Å². The Bertz CT molecular complexity index is 598. The van der Waals surface area contributed by atoms with Crippen molar-refractivity contribution >= 4 is 21.7 Å². The number of hydrogen-bond donors (Lipinski definition) is 0. The molecule has 0 aliphatic heterocycles. The van der Waals surface area contributed by atoms with Crippen LogP contribution in [0.25, 0.3) is 0 Å². The second-order valence-electron chi connectivity index (χ2n) is 3.95. The van der Waals surface area contributed by atoms with Crippen LogP contribution in [0.1, 0.15) is 21.6 Å². The number of rotatable bonds is 3. The van der Waals surface area contributed by atoms with Gasteiger partial charge in [0.15, 0.2) is 5.78 Å². The monoisotopic (exact) mass is 307 g/mol. The third-order valence-electron chi connectivity index (χ3n) is 2.69. The van der Waals surface area contributed by atoms with E-state index in [9.17, 15) is 9.18 Å². The van der Waals surface area contributed by atoms with Crippen LogP contribution in [0.15, 0.2) is 41.0 Å². The molecule has 2 nitrogen and oxygen atoms in total. The van der Waals surface area contributed by atoms with Crippen LogP contribution in [0, 0.1) is 12.7 Å². The lowest BCUT2D eigenvalue weighted by Gasteiger charge is -2.06. The molecule has 1 heterocycles. The highest BCUT2D eigenvalue weighted by atomic mass is 79.9. The molecule has 0 saturated carbocycles. The molecule has 0 unspecified atom stereocenters. The topological polar surface area (TPSA) is 30.0 Å². The number of hydrogen-bond acceptors (Lipinski definition) is 2. The number of ketones is 1. The molecule has 0 aliphatic carbocycles. The molecule has 0 aliphatic rings. The highest BCUT2D eigenvalue weighted by Crippen LogP contribution is 2.22. The van der Waals surface area contributed by atoms with Gasteiger partial charge in [-0.3, -0.25) is 9.78 Å². The summed E-state index contributed by atoms with van der Waals surface area (Å²) in [4.78, 5) is 16.2. The Labute approximate surface area is 113 Å². The second-order valence-corrected chi connectivity index (χ2v) is 4.74. The number of nitrogens with zero attached hydrogens (tertiary/aromatic N) is 1. The molecule has 0 bridgehead atoms. The van der Waals surface area contributed by atoms with E-state index in [0.717, 1.165) is 0 Å². The van der Waals surface area contributed by atoms with Crippen molar-refractivity contribution in [2.24, 2.45) is 0 Å². The SMILES string of the molecule is Cc1ncccc1C(=O)Cc1cccc(F)c1Br. The van der Waals surface area contributed by atoms with Crippen LogP contribution >= 0.6 is 15.9 Å². The first-order chi connectivity index (χ1) is 8.59. The summed E-state index contributed by atoms with van der Waals surface area (Å²) in [7, 11) is 0. The van der Waals surface area contributed by atoms with Crippen LogP contribution in [0.4, 0.5) is 4.39 Å². The summed E-state index contributed by atoms with van der Waals surface area (Å²) in [5.41, 5.74) is 1.91. The molecular formula is C14H11BrFNO. The van der Waals surface area contributed by atoms with Gasteiger partial charge in [-0.1, -0.05) is 12.1 Å². The molecule has 2 aromatic rings. The Morgan fingerprint density at radius 2 is 2.11 bits per heavy atom. The average molecular weight is 308 g/mol. The van der Waals surface area contributed by atoms with Crippen molar-refractivity contribution in [3.05, 3.63) is 63.6 Å². The molecule has 1 aromatic carbocycles. The van der Waals surface area contributed by atoms with E-state index in [0.29, 0.717) is 21.3 Å². The lowest BCUT2D eigenvalue weighted by atomic mass is 10.0. The molecule has 92 valence electrons. The molecule has 0 N–H and O–H groups in total. The normalized spacial score (nSPS) is 10.4. The molecule has 0 atom stereocenters. The highest BCUT2D eigenvalue weighted by molar-refractivity contribution is 9.10. The minimum Gasteiger partial charge on any atom is -0.294 e. The molecular weight excluding hydrogens is 297 g/mol. The maximum absolute atomic E-state index is 13.3. The van der Waals surface area contributed by atoms with Gasteiger partial charge in [-0.05, 0) is 46.6 Å². The lowest BCUT2D eigenvalue weighted by Crippen LogP contribution is -2.07. The second kappa shape index (κ2) is 5.40. The van der Waals surface area contributed by atoms with Gasteiger partial charge in [0.2, 0.25) is 0 Å². The number of Topliss-reactive ketones (excluding diaryl/α,β-unsaturated/α-hetero) is 1. The van der Waals surface area contributed by atoms with E-state index in [1.54, 1.807) is 37.4 Å². The van der Waals surface area contributed by atoms with Crippen LogP contribution in [0.2, 0.25) is 0 Å². The van der Waals surface area contributed by atoms with E-state index in [1.807, 2.05) is 0 Å². The van der Waals surface area contributed by atoms with Gasteiger partial charge < -0.3 is 0 Å². The van der Waals surface area contributed by atoms with Crippen molar-refractivity contribution in [3.63, 3.8) is 0 Å². The fourth-order valence-corrected chi connectivity index (χ4v) is 2.14. The third kappa shape index (κ3) is 2.64. The van der Waals surface area contributed by atoms with Gasteiger partial charge in [0.1, 0.15) is 5.82 Å². The van der Waals surface area contributed by atoms with Gasteiger partial charge in [0.25, 0.3) is 0 Å². The van der Waals surface area contributed by atoms with E-state index in [1.165, 1.54) is 6.07 Å². The molecule has 0 radical (unpaired) electrons. The van der Waals surface area contributed by atoms with Crippen molar-refractivity contribution in [2.75, 3.05) is 0 Å². The first-order valence-corrected chi connectivity index (χ1v) is 6.26. The van der Waals surface area contributed by atoms with Crippen molar-refractivity contribution in [1.82, 2.24) is 4.98 Å². The molecule has 0 fully saturated rings. The Morgan fingerprint density at radius 1 is 1.33 bits per heavy atom. The van der Waals surface area contributed by atoms with Crippen LogP contribution < -0.4 is 0 Å².